The largest absolute Gasteiger partial charge is 0.408 e. The zero-order valence-corrected chi connectivity index (χ0v) is 16.1. The van der Waals surface area contributed by atoms with E-state index in [4.69, 9.17) is 4.74 Å². The Hall–Kier alpha value is -3.28. The number of anilines is 1. The molecule has 0 N–H and O–H groups in total. The van der Waals surface area contributed by atoms with Crippen molar-refractivity contribution in [2.75, 3.05) is 18.0 Å². The highest BCUT2D eigenvalue weighted by atomic mass is 19.4. The summed E-state index contributed by atoms with van der Waals surface area (Å²) in [6.45, 7) is -0.124. The molecular formula is C19H17F3N6O3. The molecule has 2 atom stereocenters. The number of ether oxygens (including phenoxy) is 1. The van der Waals surface area contributed by atoms with Crippen molar-refractivity contribution in [2.45, 2.75) is 37.8 Å². The minimum atomic E-state index is -4.46. The van der Waals surface area contributed by atoms with Gasteiger partial charge in [0.15, 0.2) is 11.5 Å². The number of nitro benzene ring substituents is 1. The maximum Gasteiger partial charge on any atom is 0.408 e. The number of benzene rings is 1. The Morgan fingerprint density at radius 3 is 2.42 bits per heavy atom. The van der Waals surface area contributed by atoms with Crippen molar-refractivity contribution in [1.82, 2.24) is 19.7 Å². The third kappa shape index (κ3) is 3.78. The quantitative estimate of drug-likeness (QED) is 0.459. The Balaban J connectivity index is 1.63. The standard InChI is InChI=1S/C19H17F3N6O3/c20-19(21,22)10-27-18-15(7-23-27)17(26-8-13-5-6-14(9-26)31-13)24-16(25-18)11-1-3-12(4-2-11)28(29)30/h1-4,7,13-14H,5-6,8-10H2. The third-order valence-corrected chi connectivity index (χ3v) is 5.48. The van der Waals surface area contributed by atoms with Crippen molar-refractivity contribution in [1.29, 1.82) is 0 Å². The van der Waals surface area contributed by atoms with Crippen molar-refractivity contribution in [3.63, 3.8) is 0 Å². The fourth-order valence-corrected chi connectivity index (χ4v) is 4.12. The van der Waals surface area contributed by atoms with Gasteiger partial charge >= 0.3 is 6.18 Å². The lowest BCUT2D eigenvalue weighted by Crippen LogP contribution is -2.43. The molecule has 0 aliphatic carbocycles. The first-order valence-electron chi connectivity index (χ1n) is 9.72. The predicted octanol–water partition coefficient (Wildman–Crippen LogP) is 3.33. The number of non-ortho nitro benzene ring substituents is 1. The summed E-state index contributed by atoms with van der Waals surface area (Å²) < 4.78 is 45.9. The van der Waals surface area contributed by atoms with E-state index in [1.807, 2.05) is 4.90 Å². The van der Waals surface area contributed by atoms with E-state index in [2.05, 4.69) is 15.1 Å². The second-order valence-corrected chi connectivity index (χ2v) is 7.69. The van der Waals surface area contributed by atoms with Crippen molar-refractivity contribution in [3.8, 4) is 11.4 Å². The molecule has 0 amide bonds. The molecule has 2 unspecified atom stereocenters. The lowest BCUT2D eigenvalue weighted by atomic mass is 10.2. The molecule has 2 aliphatic rings. The molecule has 2 saturated heterocycles. The number of aromatic nitrogens is 4. The van der Waals surface area contributed by atoms with Crippen LogP contribution in [-0.2, 0) is 11.3 Å². The van der Waals surface area contributed by atoms with Gasteiger partial charge in [-0.05, 0) is 25.0 Å². The normalized spacial score (nSPS) is 21.1. The monoisotopic (exact) mass is 434 g/mol. The molecular weight excluding hydrogens is 417 g/mol. The number of halogens is 3. The highest BCUT2D eigenvalue weighted by Gasteiger charge is 2.36. The molecule has 0 radical (unpaired) electrons. The number of morpholine rings is 1. The number of hydrogen-bond acceptors (Lipinski definition) is 7. The molecule has 2 bridgehead atoms. The molecule has 0 saturated carbocycles. The molecule has 0 spiro atoms. The summed E-state index contributed by atoms with van der Waals surface area (Å²) >= 11 is 0. The summed E-state index contributed by atoms with van der Waals surface area (Å²) in [4.78, 5) is 21.4. The first-order chi connectivity index (χ1) is 14.8. The summed E-state index contributed by atoms with van der Waals surface area (Å²) in [6, 6.07) is 5.59. The van der Waals surface area contributed by atoms with Crippen molar-refractivity contribution >= 4 is 22.5 Å². The van der Waals surface area contributed by atoms with Gasteiger partial charge in [-0.1, -0.05) is 0 Å². The van der Waals surface area contributed by atoms with Gasteiger partial charge in [0.2, 0.25) is 0 Å². The van der Waals surface area contributed by atoms with Gasteiger partial charge in [0, 0.05) is 30.8 Å². The van der Waals surface area contributed by atoms with Crippen LogP contribution in [0.5, 0.6) is 0 Å². The summed E-state index contributed by atoms with van der Waals surface area (Å²) in [5, 5.41) is 15.3. The molecule has 4 heterocycles. The van der Waals surface area contributed by atoms with E-state index >= 15 is 0 Å². The van der Waals surface area contributed by atoms with Crippen molar-refractivity contribution in [2.24, 2.45) is 0 Å². The average Bonchev–Trinajstić information content (AvgIpc) is 3.28. The lowest BCUT2D eigenvalue weighted by Gasteiger charge is -2.33. The topological polar surface area (TPSA) is 99.2 Å². The number of nitro groups is 1. The summed E-state index contributed by atoms with van der Waals surface area (Å²) in [7, 11) is 0. The molecule has 31 heavy (non-hydrogen) atoms. The van der Waals surface area contributed by atoms with E-state index in [-0.39, 0.29) is 29.4 Å². The van der Waals surface area contributed by atoms with Crippen LogP contribution in [0.2, 0.25) is 0 Å². The molecule has 5 rings (SSSR count). The average molecular weight is 434 g/mol. The zero-order valence-electron chi connectivity index (χ0n) is 16.1. The van der Waals surface area contributed by atoms with Gasteiger partial charge in [-0.15, -0.1) is 0 Å². The highest BCUT2D eigenvalue weighted by molar-refractivity contribution is 5.89. The maximum absolute atomic E-state index is 13.1. The van der Waals surface area contributed by atoms with Crippen LogP contribution in [0.1, 0.15) is 12.8 Å². The van der Waals surface area contributed by atoms with E-state index in [1.54, 1.807) is 0 Å². The number of fused-ring (bicyclic) bond motifs is 3. The van der Waals surface area contributed by atoms with Gasteiger partial charge in [-0.3, -0.25) is 10.1 Å². The van der Waals surface area contributed by atoms with E-state index in [0.717, 1.165) is 17.5 Å². The third-order valence-electron chi connectivity index (χ3n) is 5.48. The zero-order chi connectivity index (χ0) is 21.8. The van der Waals surface area contributed by atoms with E-state index in [0.29, 0.717) is 29.9 Å². The Morgan fingerprint density at radius 1 is 1.13 bits per heavy atom. The fraction of sp³-hybridized carbons (Fsp3) is 0.421. The Morgan fingerprint density at radius 2 is 1.81 bits per heavy atom. The Kier molecular flexibility index (Phi) is 4.54. The minimum Gasteiger partial charge on any atom is -0.371 e. The number of rotatable bonds is 4. The van der Waals surface area contributed by atoms with Crippen molar-refractivity contribution in [3.05, 3.63) is 40.6 Å². The van der Waals surface area contributed by atoms with E-state index in [1.165, 1.54) is 30.5 Å². The summed E-state index contributed by atoms with van der Waals surface area (Å²) in [5.41, 5.74) is 0.427. The molecule has 1 aromatic carbocycles. The minimum absolute atomic E-state index is 0.0526. The van der Waals surface area contributed by atoms with Crippen LogP contribution >= 0.6 is 0 Å². The van der Waals surface area contributed by atoms with Crippen LogP contribution in [0.4, 0.5) is 24.7 Å². The number of nitrogens with zero attached hydrogens (tertiary/aromatic N) is 6. The highest BCUT2D eigenvalue weighted by Crippen LogP contribution is 2.34. The van der Waals surface area contributed by atoms with Crippen LogP contribution in [-0.4, -0.2) is 56.1 Å². The SMILES string of the molecule is O=[N+]([O-])c1ccc(-c2nc(N3CC4CCC(C3)O4)c3cnn(CC(F)(F)F)c3n2)cc1. The molecule has 12 heteroatoms. The second-order valence-electron chi connectivity index (χ2n) is 7.69. The second kappa shape index (κ2) is 7.15. The van der Waals surface area contributed by atoms with Gasteiger partial charge in [0.05, 0.1) is 28.7 Å². The summed E-state index contributed by atoms with van der Waals surface area (Å²) in [5.74, 6) is 0.673. The molecule has 3 aromatic rings. The molecule has 162 valence electrons. The maximum atomic E-state index is 13.1. The van der Waals surface area contributed by atoms with Crippen LogP contribution < -0.4 is 4.90 Å². The summed E-state index contributed by atoms with van der Waals surface area (Å²) in [6.07, 6.45) is -1.15. The molecule has 9 nitrogen and oxygen atoms in total. The Labute approximate surface area is 173 Å². The van der Waals surface area contributed by atoms with Gasteiger partial charge < -0.3 is 9.64 Å². The van der Waals surface area contributed by atoms with Gasteiger partial charge in [-0.2, -0.15) is 18.3 Å². The van der Waals surface area contributed by atoms with Crippen LogP contribution in [0.25, 0.3) is 22.4 Å². The van der Waals surface area contributed by atoms with E-state index in [9.17, 15) is 23.3 Å². The van der Waals surface area contributed by atoms with E-state index < -0.39 is 17.6 Å². The number of alkyl halides is 3. The van der Waals surface area contributed by atoms with Crippen LogP contribution in [0, 0.1) is 10.1 Å². The first kappa shape index (κ1) is 19.7. The number of hydrogen-bond donors (Lipinski definition) is 0. The lowest BCUT2D eigenvalue weighted by molar-refractivity contribution is -0.384. The molecule has 2 aromatic heterocycles. The smallest absolute Gasteiger partial charge is 0.371 e. The van der Waals surface area contributed by atoms with Crippen LogP contribution in [0.3, 0.4) is 0 Å². The fourth-order valence-electron chi connectivity index (χ4n) is 4.12. The first-order valence-corrected chi connectivity index (χ1v) is 9.72. The van der Waals surface area contributed by atoms with Gasteiger partial charge in [0.1, 0.15) is 12.4 Å². The van der Waals surface area contributed by atoms with Gasteiger partial charge in [-0.25, -0.2) is 14.6 Å². The predicted molar refractivity (Wildman–Crippen MR) is 104 cm³/mol. The Bertz CT molecular complexity index is 1140. The molecule has 2 fully saturated rings. The molecule has 2 aliphatic heterocycles. The van der Waals surface area contributed by atoms with Gasteiger partial charge in [0.25, 0.3) is 5.69 Å². The van der Waals surface area contributed by atoms with Crippen molar-refractivity contribution < 1.29 is 22.8 Å². The van der Waals surface area contributed by atoms with Crippen LogP contribution in [0.15, 0.2) is 30.5 Å².